The first-order valence-electron chi connectivity index (χ1n) is 4.74. The molecule has 1 rings (SSSR count). The minimum absolute atomic E-state index is 0. The van der Waals surface area contributed by atoms with Gasteiger partial charge in [0.2, 0.25) is 0 Å². The van der Waals surface area contributed by atoms with E-state index in [1.165, 1.54) is 0 Å². The van der Waals surface area contributed by atoms with Crippen molar-refractivity contribution in [1.29, 1.82) is 0 Å². The predicted octanol–water partition coefficient (Wildman–Crippen LogP) is -1.76. The number of hydrogen-bond donors (Lipinski definition) is 3. The van der Waals surface area contributed by atoms with E-state index < -0.39 is 51.1 Å². The molecule has 14 heteroatoms. The highest BCUT2D eigenvalue weighted by molar-refractivity contribution is 8.22. The summed E-state index contributed by atoms with van der Waals surface area (Å²) in [5, 5.41) is -0.363. The number of rotatable bonds is 3. The molecular formula is C5H13AlO10S3. The molecule has 1 aliphatic rings. The molecule has 0 saturated carbocycles. The van der Waals surface area contributed by atoms with Crippen molar-refractivity contribution in [2.75, 3.05) is 0 Å². The summed E-state index contributed by atoms with van der Waals surface area (Å²) in [4.78, 5) is 0. The van der Waals surface area contributed by atoms with Crippen LogP contribution >= 0.6 is 0 Å². The molecule has 1 fully saturated rings. The molecule has 0 aliphatic carbocycles. The lowest BCUT2D eigenvalue weighted by molar-refractivity contribution is 0.429. The van der Waals surface area contributed by atoms with E-state index in [4.69, 9.17) is 13.7 Å². The van der Waals surface area contributed by atoms with Crippen molar-refractivity contribution in [3.63, 3.8) is 0 Å². The third kappa shape index (κ3) is 3.28. The van der Waals surface area contributed by atoms with Crippen LogP contribution in [-0.2, 0) is 28.7 Å². The Balaban J connectivity index is 0.00000324. The van der Waals surface area contributed by atoms with Crippen molar-refractivity contribution in [2.24, 2.45) is 0 Å². The quantitative estimate of drug-likeness (QED) is 0.387. The SMILES string of the molecule is O.O=[S](=O)(O)[Al]1[CH2]CCC[C]1(S(=O)(=O)O)S(=O)(=O)O. The summed E-state index contributed by atoms with van der Waals surface area (Å²) < 4.78 is 91.4. The van der Waals surface area contributed by atoms with Crippen molar-refractivity contribution in [3.8, 4) is 0 Å². The van der Waals surface area contributed by atoms with Gasteiger partial charge in [0, 0.05) is 0 Å². The first-order chi connectivity index (χ1) is 7.84. The van der Waals surface area contributed by atoms with Crippen LogP contribution in [0.15, 0.2) is 0 Å². The molecule has 0 unspecified atom stereocenters. The van der Waals surface area contributed by atoms with E-state index >= 15 is 0 Å². The molecule has 0 spiro atoms. The van der Waals surface area contributed by atoms with Crippen LogP contribution in [0.3, 0.4) is 0 Å². The molecule has 19 heavy (non-hydrogen) atoms. The van der Waals surface area contributed by atoms with Gasteiger partial charge in [-0.3, -0.25) is 9.11 Å². The van der Waals surface area contributed by atoms with Gasteiger partial charge in [-0.05, 0) is 6.42 Å². The van der Waals surface area contributed by atoms with Gasteiger partial charge in [-0.2, -0.15) is 16.8 Å². The average Bonchev–Trinajstić information content (AvgIpc) is 2.12. The van der Waals surface area contributed by atoms with E-state index in [2.05, 4.69) is 0 Å². The molecular weight excluding hydrogens is 343 g/mol. The van der Waals surface area contributed by atoms with Crippen LogP contribution in [0.4, 0.5) is 0 Å². The van der Waals surface area contributed by atoms with Crippen LogP contribution in [0.25, 0.3) is 0 Å². The molecule has 0 aromatic heterocycles. The van der Waals surface area contributed by atoms with Crippen LogP contribution in [0.2, 0.25) is 5.28 Å². The Kier molecular flexibility index (Phi) is 5.61. The predicted molar refractivity (Wildman–Crippen MR) is 65.4 cm³/mol. The summed E-state index contributed by atoms with van der Waals surface area (Å²) in [5.41, 5.74) is 0. The topological polar surface area (TPSA) is 195 Å². The highest BCUT2D eigenvalue weighted by atomic mass is 32.4. The Bertz CT molecular complexity index is 599. The monoisotopic (exact) mass is 356 g/mol. The van der Waals surface area contributed by atoms with Gasteiger partial charge in [0.05, 0.1) is 0 Å². The Morgan fingerprint density at radius 3 is 1.53 bits per heavy atom. The second kappa shape index (κ2) is 5.54. The average molecular weight is 356 g/mol. The van der Waals surface area contributed by atoms with Crippen LogP contribution in [-0.4, -0.2) is 60.3 Å². The first kappa shape index (κ1) is 19.2. The van der Waals surface area contributed by atoms with Crippen molar-refractivity contribution in [2.45, 2.75) is 27.5 Å². The highest BCUT2D eigenvalue weighted by Crippen LogP contribution is 2.40. The van der Waals surface area contributed by atoms with Gasteiger partial charge in [-0.25, -0.2) is 8.42 Å². The zero-order chi connectivity index (χ0) is 14.4. The molecule has 0 bridgehead atoms. The Morgan fingerprint density at radius 2 is 1.26 bits per heavy atom. The van der Waals surface area contributed by atoms with Gasteiger partial charge >= 0.3 is 13.0 Å². The van der Waals surface area contributed by atoms with E-state index in [-0.39, 0.29) is 23.6 Å². The Morgan fingerprint density at radius 1 is 0.842 bits per heavy atom. The van der Waals surface area contributed by atoms with Crippen molar-refractivity contribution >= 4 is 41.7 Å². The standard InChI is InChI=1S/C5H10O6S2.Al.HO3S.H2O/c1-2-3-4-5(12(6,7)8)13(9,10)11;;1-4(2)3;/h1-4H2,(H,6,7,8)(H,9,10,11);;(H,1,2,3);1H2. The normalized spacial score (nSPS) is 20.7. The van der Waals surface area contributed by atoms with Gasteiger partial charge in [0.15, 0.2) is 11.4 Å². The summed E-state index contributed by atoms with van der Waals surface area (Å²) in [6.07, 6.45) is -0.552. The van der Waals surface area contributed by atoms with E-state index in [9.17, 15) is 25.3 Å². The summed E-state index contributed by atoms with van der Waals surface area (Å²) in [6.45, 7) is 0. The molecule has 1 saturated heterocycles. The molecule has 114 valence electrons. The molecule has 1 heterocycles. The van der Waals surface area contributed by atoms with Crippen LogP contribution in [0.1, 0.15) is 19.3 Å². The lowest BCUT2D eigenvalue weighted by atomic mass is 10.2. The fraction of sp³-hybridized carbons (Fsp3) is 1.00. The Labute approximate surface area is 113 Å². The van der Waals surface area contributed by atoms with Gasteiger partial charge in [0.25, 0.3) is 20.2 Å². The molecule has 0 radical (unpaired) electrons. The molecule has 0 amide bonds. The highest BCUT2D eigenvalue weighted by Gasteiger charge is 2.70. The molecule has 0 aromatic carbocycles. The largest absolute Gasteiger partial charge is 0.552 e. The van der Waals surface area contributed by atoms with Crippen molar-refractivity contribution < 1.29 is 44.4 Å². The van der Waals surface area contributed by atoms with E-state index in [0.717, 1.165) is 0 Å². The van der Waals surface area contributed by atoms with Crippen molar-refractivity contribution in [1.82, 2.24) is 0 Å². The summed E-state index contributed by atoms with van der Waals surface area (Å²) in [5.74, 6) is 0. The maximum absolute atomic E-state index is 11.3. The minimum Gasteiger partial charge on any atom is -0.412 e. The third-order valence-electron chi connectivity index (χ3n) is 2.96. The van der Waals surface area contributed by atoms with E-state index in [1.54, 1.807) is 0 Å². The fourth-order valence-electron chi connectivity index (χ4n) is 2.18. The lowest BCUT2D eigenvalue weighted by Gasteiger charge is -2.33. The molecule has 5 N–H and O–H groups in total. The fourth-order valence-corrected chi connectivity index (χ4v) is 17.3. The van der Waals surface area contributed by atoms with Gasteiger partial charge in [0.1, 0.15) is 0 Å². The second-order valence-corrected chi connectivity index (χ2v) is 15.5. The van der Waals surface area contributed by atoms with Crippen LogP contribution in [0.5, 0.6) is 0 Å². The molecule has 0 atom stereocenters. The van der Waals surface area contributed by atoms with Crippen molar-refractivity contribution in [3.05, 3.63) is 0 Å². The number of hydrogen-bond acceptors (Lipinski definition) is 6. The molecule has 10 nitrogen and oxygen atoms in total. The zero-order valence-electron chi connectivity index (χ0n) is 9.42. The molecule has 1 aliphatic heterocycles. The van der Waals surface area contributed by atoms with Gasteiger partial charge < -0.3 is 10.0 Å². The van der Waals surface area contributed by atoms with Gasteiger partial charge in [-0.1, -0.05) is 18.1 Å². The zero-order valence-corrected chi connectivity index (χ0v) is 13.0. The van der Waals surface area contributed by atoms with Gasteiger partial charge in [-0.15, -0.1) is 0 Å². The van der Waals surface area contributed by atoms with E-state index in [0.29, 0.717) is 0 Å². The maximum atomic E-state index is 11.3. The summed E-state index contributed by atoms with van der Waals surface area (Å²) >= 11 is -3.96. The van der Waals surface area contributed by atoms with E-state index in [1.807, 2.05) is 0 Å². The first-order valence-corrected chi connectivity index (χ1v) is 11.9. The molecule has 0 aromatic rings. The Hall–Kier alpha value is 0.222. The lowest BCUT2D eigenvalue weighted by Crippen LogP contribution is -2.62. The maximum Gasteiger partial charge on any atom is 0.552 e. The third-order valence-corrected chi connectivity index (χ3v) is 17.8. The minimum atomic E-state index is -5.39. The second-order valence-electron chi connectivity index (χ2n) is 4.01. The van der Waals surface area contributed by atoms with Crippen LogP contribution < -0.4 is 0 Å². The smallest absolute Gasteiger partial charge is 0.412 e. The summed E-state index contributed by atoms with van der Waals surface area (Å²) in [6, 6.07) is 0. The summed E-state index contributed by atoms with van der Waals surface area (Å²) in [7, 11) is -15.7. The van der Waals surface area contributed by atoms with Crippen LogP contribution in [0, 0.1) is 0 Å².